The SMILES string of the molecule is CCCCCCCCCCCCCCCCCCCCCCCC(OC(C)=O)C(=O)NC(COC(C)=O)C(/C=C/C(CCCCCCCCCCCC)OC(C)=O)OC(C)=O. The number of esters is 4. The number of ether oxygens (including phenoxy) is 4. The van der Waals surface area contributed by atoms with Gasteiger partial charge in [-0.15, -0.1) is 0 Å². The Hall–Kier alpha value is -2.91. The molecule has 1 amide bonds. The molecule has 0 aromatic carbocycles. The first kappa shape index (κ1) is 58.1. The van der Waals surface area contributed by atoms with Crippen molar-refractivity contribution in [2.45, 2.75) is 278 Å². The summed E-state index contributed by atoms with van der Waals surface area (Å²) < 4.78 is 21.9. The van der Waals surface area contributed by atoms with E-state index < -0.39 is 54.1 Å². The van der Waals surface area contributed by atoms with Gasteiger partial charge in [0.05, 0.1) is 0 Å². The van der Waals surface area contributed by atoms with Crippen LogP contribution in [0.2, 0.25) is 0 Å². The predicted molar refractivity (Wildman–Crippen MR) is 248 cm³/mol. The summed E-state index contributed by atoms with van der Waals surface area (Å²) in [5.74, 6) is -2.74. The van der Waals surface area contributed by atoms with Gasteiger partial charge in [-0.2, -0.15) is 0 Å². The maximum Gasteiger partial charge on any atom is 0.303 e. The molecule has 0 aliphatic carbocycles. The third-order valence-electron chi connectivity index (χ3n) is 11.3. The van der Waals surface area contributed by atoms with Gasteiger partial charge in [-0.05, 0) is 37.8 Å². The Balaban J connectivity index is 4.87. The Morgan fingerprint density at radius 2 is 0.754 bits per heavy atom. The second-order valence-electron chi connectivity index (χ2n) is 17.5. The summed E-state index contributed by atoms with van der Waals surface area (Å²) in [4.78, 5) is 61.7. The van der Waals surface area contributed by atoms with Gasteiger partial charge in [0.15, 0.2) is 6.10 Å². The van der Waals surface area contributed by atoms with Gasteiger partial charge in [-0.25, -0.2) is 0 Å². The Morgan fingerprint density at radius 1 is 0.410 bits per heavy atom. The molecule has 0 fully saturated rings. The van der Waals surface area contributed by atoms with Gasteiger partial charge >= 0.3 is 23.9 Å². The number of unbranched alkanes of at least 4 members (excludes halogenated alkanes) is 29. The summed E-state index contributed by atoms with van der Waals surface area (Å²) in [5, 5.41) is 2.82. The number of carbonyl (C=O) groups excluding carboxylic acids is 5. The minimum atomic E-state index is -1.05. The highest BCUT2D eigenvalue weighted by molar-refractivity contribution is 5.83. The summed E-state index contributed by atoms with van der Waals surface area (Å²) in [7, 11) is 0. The average molecular weight is 864 g/mol. The van der Waals surface area contributed by atoms with Crippen LogP contribution in [0, 0.1) is 0 Å². The first-order valence-electron chi connectivity index (χ1n) is 25.1. The Kier molecular flexibility index (Phi) is 40.4. The number of hydrogen-bond donors (Lipinski definition) is 1. The van der Waals surface area contributed by atoms with E-state index in [1.54, 1.807) is 12.2 Å². The van der Waals surface area contributed by atoms with Crippen LogP contribution in [0.15, 0.2) is 12.2 Å². The van der Waals surface area contributed by atoms with E-state index in [1.165, 1.54) is 182 Å². The van der Waals surface area contributed by atoms with Crippen molar-refractivity contribution in [1.82, 2.24) is 5.32 Å². The molecule has 0 radical (unpaired) electrons. The molecule has 0 aromatic rings. The van der Waals surface area contributed by atoms with Gasteiger partial charge in [0, 0.05) is 27.7 Å². The van der Waals surface area contributed by atoms with E-state index in [0.717, 1.165) is 38.5 Å². The van der Waals surface area contributed by atoms with Gasteiger partial charge in [-0.1, -0.05) is 200 Å². The summed E-state index contributed by atoms with van der Waals surface area (Å²) >= 11 is 0. The lowest BCUT2D eigenvalue weighted by atomic mass is 10.0. The molecule has 0 saturated carbocycles. The van der Waals surface area contributed by atoms with E-state index >= 15 is 0 Å². The van der Waals surface area contributed by atoms with Gasteiger partial charge in [0.1, 0.15) is 24.9 Å². The normalized spacial score (nSPS) is 13.3. The average Bonchev–Trinajstić information content (AvgIpc) is 3.21. The third-order valence-corrected chi connectivity index (χ3v) is 11.3. The highest BCUT2D eigenvalue weighted by Gasteiger charge is 2.30. The highest BCUT2D eigenvalue weighted by Crippen LogP contribution is 2.18. The minimum Gasteiger partial charge on any atom is -0.464 e. The van der Waals surface area contributed by atoms with Crippen LogP contribution in [0.4, 0.5) is 0 Å². The van der Waals surface area contributed by atoms with E-state index in [0.29, 0.717) is 19.3 Å². The molecule has 0 bridgehead atoms. The van der Waals surface area contributed by atoms with Crippen LogP contribution >= 0.6 is 0 Å². The molecule has 10 nitrogen and oxygen atoms in total. The lowest BCUT2D eigenvalue weighted by Crippen LogP contribution is -2.51. The molecular weight excluding hydrogens is 771 g/mol. The number of amides is 1. The van der Waals surface area contributed by atoms with E-state index in [9.17, 15) is 24.0 Å². The molecule has 4 unspecified atom stereocenters. The van der Waals surface area contributed by atoms with Crippen molar-refractivity contribution in [2.75, 3.05) is 6.61 Å². The molecule has 0 aliphatic heterocycles. The van der Waals surface area contributed by atoms with Crippen molar-refractivity contribution in [2.24, 2.45) is 0 Å². The molecule has 356 valence electrons. The molecule has 0 rings (SSSR count). The molecule has 1 N–H and O–H groups in total. The third kappa shape index (κ3) is 39.7. The molecule has 4 atom stereocenters. The van der Waals surface area contributed by atoms with Crippen LogP contribution in [-0.2, 0) is 42.9 Å². The minimum absolute atomic E-state index is 0.286. The van der Waals surface area contributed by atoms with E-state index in [-0.39, 0.29) is 6.61 Å². The predicted octanol–water partition coefficient (Wildman–Crippen LogP) is 13.3. The van der Waals surface area contributed by atoms with Crippen molar-refractivity contribution in [3.63, 3.8) is 0 Å². The Labute approximate surface area is 373 Å². The van der Waals surface area contributed by atoms with Crippen LogP contribution in [0.25, 0.3) is 0 Å². The molecule has 0 spiro atoms. The van der Waals surface area contributed by atoms with Crippen LogP contribution in [0.1, 0.15) is 253 Å². The lowest BCUT2D eigenvalue weighted by Gasteiger charge is -2.27. The van der Waals surface area contributed by atoms with E-state index in [2.05, 4.69) is 19.2 Å². The standard InChI is InChI=1S/C51H93NO9/c1-7-9-11-13-15-17-19-20-21-22-23-24-25-26-27-28-29-31-33-35-37-39-50(61-46(6)56)51(57)52-48(42-58-43(3)53)49(60-45(5)55)41-40-47(59-44(4)54)38-36-34-32-30-18-16-14-12-10-8-2/h40-41,47-50H,7-39,42H2,1-6H3,(H,52,57)/b41-40+. The zero-order chi connectivity index (χ0) is 45.2. The highest BCUT2D eigenvalue weighted by atomic mass is 16.6. The Morgan fingerprint density at radius 3 is 1.10 bits per heavy atom. The first-order valence-corrected chi connectivity index (χ1v) is 25.1. The second-order valence-corrected chi connectivity index (χ2v) is 17.5. The second kappa shape index (κ2) is 42.4. The van der Waals surface area contributed by atoms with Crippen molar-refractivity contribution in [3.8, 4) is 0 Å². The van der Waals surface area contributed by atoms with Crippen molar-refractivity contribution < 1.29 is 42.9 Å². The van der Waals surface area contributed by atoms with E-state index in [4.69, 9.17) is 18.9 Å². The Bertz CT molecular complexity index is 1130. The largest absolute Gasteiger partial charge is 0.464 e. The van der Waals surface area contributed by atoms with Crippen molar-refractivity contribution >= 4 is 29.8 Å². The van der Waals surface area contributed by atoms with Gasteiger partial charge < -0.3 is 24.3 Å². The smallest absolute Gasteiger partial charge is 0.303 e. The fraction of sp³-hybridized carbons (Fsp3) is 0.863. The number of carbonyl (C=O) groups is 5. The van der Waals surface area contributed by atoms with E-state index in [1.807, 2.05) is 0 Å². The van der Waals surface area contributed by atoms with Gasteiger partial charge in [0.2, 0.25) is 0 Å². The monoisotopic (exact) mass is 864 g/mol. The van der Waals surface area contributed by atoms with Crippen molar-refractivity contribution in [1.29, 1.82) is 0 Å². The summed E-state index contributed by atoms with van der Waals surface area (Å²) in [6.45, 7) is 9.33. The molecule has 61 heavy (non-hydrogen) atoms. The van der Waals surface area contributed by atoms with Crippen LogP contribution in [0.3, 0.4) is 0 Å². The molecular formula is C51H93NO9. The lowest BCUT2D eigenvalue weighted by molar-refractivity contribution is -0.156. The number of nitrogens with one attached hydrogen (secondary N) is 1. The van der Waals surface area contributed by atoms with Crippen molar-refractivity contribution in [3.05, 3.63) is 12.2 Å². The molecule has 10 heteroatoms. The number of rotatable bonds is 43. The summed E-state index contributed by atoms with van der Waals surface area (Å²) in [5.41, 5.74) is 0. The van der Waals surface area contributed by atoms with Crippen LogP contribution < -0.4 is 5.32 Å². The quantitative estimate of drug-likeness (QED) is 0.0275. The van der Waals surface area contributed by atoms with Gasteiger partial charge in [0.25, 0.3) is 5.91 Å². The zero-order valence-corrected chi connectivity index (χ0v) is 40.2. The molecule has 0 saturated heterocycles. The molecule has 0 aliphatic rings. The summed E-state index contributed by atoms with van der Waals surface area (Å²) in [6.07, 6.45) is 40.2. The number of hydrogen-bond acceptors (Lipinski definition) is 9. The fourth-order valence-electron chi connectivity index (χ4n) is 7.83. The topological polar surface area (TPSA) is 134 Å². The van der Waals surface area contributed by atoms with Crippen LogP contribution in [-0.4, -0.2) is 60.7 Å². The summed E-state index contributed by atoms with van der Waals surface area (Å²) in [6, 6.07) is -0.982. The maximum atomic E-state index is 13.6. The zero-order valence-electron chi connectivity index (χ0n) is 40.2. The van der Waals surface area contributed by atoms with Gasteiger partial charge in [-0.3, -0.25) is 24.0 Å². The fourth-order valence-corrected chi connectivity index (χ4v) is 7.83. The first-order chi connectivity index (χ1) is 29.5. The maximum absolute atomic E-state index is 13.6. The molecule has 0 aromatic heterocycles. The van der Waals surface area contributed by atoms with Crippen LogP contribution in [0.5, 0.6) is 0 Å². The molecule has 0 heterocycles.